The van der Waals surface area contributed by atoms with Gasteiger partial charge in [-0.3, -0.25) is 10.2 Å². The summed E-state index contributed by atoms with van der Waals surface area (Å²) in [4.78, 5) is 15.9. The zero-order valence-electron chi connectivity index (χ0n) is 16.8. The quantitative estimate of drug-likeness (QED) is 0.691. The molecule has 8 heteroatoms. The van der Waals surface area contributed by atoms with E-state index in [1.165, 1.54) is 0 Å². The van der Waals surface area contributed by atoms with Crippen molar-refractivity contribution in [3.63, 3.8) is 0 Å². The Labute approximate surface area is 169 Å². The summed E-state index contributed by atoms with van der Waals surface area (Å²) >= 11 is 0. The molecule has 0 radical (unpaired) electrons. The predicted octanol–water partition coefficient (Wildman–Crippen LogP) is 2.74. The van der Waals surface area contributed by atoms with Gasteiger partial charge in [-0.2, -0.15) is 0 Å². The minimum Gasteiger partial charge on any atom is -0.496 e. The number of guanidine groups is 1. The highest BCUT2D eigenvalue weighted by Gasteiger charge is 2.16. The zero-order valence-corrected chi connectivity index (χ0v) is 16.8. The van der Waals surface area contributed by atoms with Gasteiger partial charge in [-0.1, -0.05) is 30.3 Å². The molecule has 1 aliphatic rings. The Hall–Kier alpha value is -3.39. The molecule has 2 aromatic carbocycles. The van der Waals surface area contributed by atoms with E-state index in [0.29, 0.717) is 25.2 Å². The molecule has 1 aromatic heterocycles. The molecule has 2 heterocycles. The van der Waals surface area contributed by atoms with Gasteiger partial charge in [0.15, 0.2) is 0 Å². The molecule has 150 valence electrons. The van der Waals surface area contributed by atoms with Crippen molar-refractivity contribution in [1.29, 1.82) is 0 Å². The molecule has 0 aliphatic carbocycles. The van der Waals surface area contributed by atoms with Crippen LogP contribution in [-0.2, 0) is 6.54 Å². The number of hydrogen-bond donors (Lipinski definition) is 2. The number of ether oxygens (including phenoxy) is 2. The van der Waals surface area contributed by atoms with Crippen molar-refractivity contribution in [3.05, 3.63) is 53.7 Å². The van der Waals surface area contributed by atoms with E-state index in [1.54, 1.807) is 14.2 Å². The van der Waals surface area contributed by atoms with E-state index in [9.17, 15) is 0 Å². The van der Waals surface area contributed by atoms with Crippen LogP contribution in [0.15, 0.2) is 47.5 Å². The number of anilines is 1. The molecule has 0 unspecified atom stereocenters. The van der Waals surface area contributed by atoms with Crippen molar-refractivity contribution in [3.8, 4) is 11.5 Å². The van der Waals surface area contributed by atoms with E-state index < -0.39 is 0 Å². The molecule has 0 fully saturated rings. The molecule has 0 atom stereocenters. The number of aliphatic imine (C=N–C) groups is 1. The fraction of sp³-hybridized carbons (Fsp3) is 0.286. The van der Waals surface area contributed by atoms with Crippen LogP contribution in [0.5, 0.6) is 11.5 Å². The van der Waals surface area contributed by atoms with Gasteiger partial charge in [-0.15, -0.1) is 0 Å². The predicted molar refractivity (Wildman–Crippen MR) is 113 cm³/mol. The van der Waals surface area contributed by atoms with Gasteiger partial charge >= 0.3 is 0 Å². The summed E-state index contributed by atoms with van der Waals surface area (Å²) in [5, 5.41) is 7.44. The normalized spacial score (nSPS) is 14.2. The summed E-state index contributed by atoms with van der Waals surface area (Å²) < 4.78 is 10.9. The average molecular weight is 392 g/mol. The maximum absolute atomic E-state index is 5.44. The number of aryl methyl sites for hydroxylation is 1. The molecule has 0 spiro atoms. The number of hydrogen-bond acceptors (Lipinski definition) is 8. The second-order valence-electron chi connectivity index (χ2n) is 6.74. The smallest absolute Gasteiger partial charge is 0.230 e. The monoisotopic (exact) mass is 392 g/mol. The van der Waals surface area contributed by atoms with Crippen LogP contribution < -0.4 is 20.1 Å². The van der Waals surface area contributed by atoms with E-state index in [2.05, 4.69) is 36.6 Å². The minimum atomic E-state index is 0.490. The number of methoxy groups -OCH3 is 2. The van der Waals surface area contributed by atoms with Gasteiger partial charge in [0.05, 0.1) is 33.3 Å². The third kappa shape index (κ3) is 4.07. The minimum absolute atomic E-state index is 0.490. The highest BCUT2D eigenvalue weighted by atomic mass is 16.5. The van der Waals surface area contributed by atoms with Gasteiger partial charge in [0.25, 0.3) is 0 Å². The SMILES string of the molecule is COc1ccccc1CN1CN=C(Nc2nc(C)c3cccc(OC)c3n2)NC1. The van der Waals surface area contributed by atoms with E-state index in [4.69, 9.17) is 9.47 Å². The van der Waals surface area contributed by atoms with Crippen LogP contribution in [0.4, 0.5) is 5.95 Å². The Kier molecular flexibility index (Phi) is 5.44. The second-order valence-corrected chi connectivity index (χ2v) is 6.74. The Balaban J connectivity index is 1.47. The number of para-hydroxylation sites is 2. The van der Waals surface area contributed by atoms with Crippen LogP contribution in [0.25, 0.3) is 10.9 Å². The molecule has 3 aromatic rings. The average Bonchev–Trinajstić information content (AvgIpc) is 2.75. The Morgan fingerprint density at radius 3 is 2.59 bits per heavy atom. The molecular weight excluding hydrogens is 368 g/mol. The number of fused-ring (bicyclic) bond motifs is 1. The summed E-state index contributed by atoms with van der Waals surface area (Å²) in [6.07, 6.45) is 0. The van der Waals surface area contributed by atoms with Crippen molar-refractivity contribution in [1.82, 2.24) is 20.2 Å². The highest BCUT2D eigenvalue weighted by Crippen LogP contribution is 2.26. The van der Waals surface area contributed by atoms with E-state index in [0.717, 1.165) is 40.2 Å². The van der Waals surface area contributed by atoms with Crippen LogP contribution in [0, 0.1) is 6.92 Å². The summed E-state index contributed by atoms with van der Waals surface area (Å²) in [5.41, 5.74) is 2.79. The number of nitrogens with zero attached hydrogens (tertiary/aromatic N) is 4. The number of rotatable bonds is 5. The molecule has 4 rings (SSSR count). The zero-order chi connectivity index (χ0) is 20.2. The van der Waals surface area contributed by atoms with Crippen molar-refractivity contribution < 1.29 is 9.47 Å². The fourth-order valence-corrected chi connectivity index (χ4v) is 3.33. The van der Waals surface area contributed by atoms with Gasteiger partial charge in [-0.05, 0) is 19.1 Å². The molecule has 0 saturated heterocycles. The van der Waals surface area contributed by atoms with Crippen LogP contribution in [0.3, 0.4) is 0 Å². The largest absolute Gasteiger partial charge is 0.496 e. The molecule has 0 bridgehead atoms. The second kappa shape index (κ2) is 8.32. The third-order valence-electron chi connectivity index (χ3n) is 4.82. The van der Waals surface area contributed by atoms with Crippen LogP contribution in [0.2, 0.25) is 0 Å². The van der Waals surface area contributed by atoms with Gasteiger partial charge in [0.2, 0.25) is 11.9 Å². The van der Waals surface area contributed by atoms with E-state index in [-0.39, 0.29) is 0 Å². The highest BCUT2D eigenvalue weighted by molar-refractivity contribution is 5.94. The topological polar surface area (TPSA) is 83.9 Å². The maximum atomic E-state index is 5.44. The lowest BCUT2D eigenvalue weighted by molar-refractivity contribution is 0.252. The molecular formula is C21H24N6O2. The van der Waals surface area contributed by atoms with Gasteiger partial charge in [0, 0.05) is 17.5 Å². The molecule has 8 nitrogen and oxygen atoms in total. The van der Waals surface area contributed by atoms with Crippen molar-refractivity contribution in [2.45, 2.75) is 13.5 Å². The van der Waals surface area contributed by atoms with E-state index in [1.807, 2.05) is 43.3 Å². The molecule has 1 aliphatic heterocycles. The molecule has 0 saturated carbocycles. The van der Waals surface area contributed by atoms with Crippen molar-refractivity contribution in [2.75, 3.05) is 32.9 Å². The first-order valence-electron chi connectivity index (χ1n) is 9.39. The Morgan fingerprint density at radius 1 is 1.03 bits per heavy atom. The number of benzene rings is 2. The molecule has 29 heavy (non-hydrogen) atoms. The van der Waals surface area contributed by atoms with Crippen molar-refractivity contribution in [2.24, 2.45) is 4.99 Å². The number of nitrogens with one attached hydrogen (secondary N) is 2. The van der Waals surface area contributed by atoms with Crippen LogP contribution >= 0.6 is 0 Å². The standard InChI is InChI=1S/C21H24N6O2/c1-14-16-8-6-10-18(29-3)19(16)25-21(24-14)26-20-22-12-27(13-23-20)11-15-7-4-5-9-17(15)28-2/h4-10H,11-13H2,1-3H3,(H2,22,23,24,25,26). The maximum Gasteiger partial charge on any atom is 0.230 e. The number of aromatic nitrogens is 2. The van der Waals surface area contributed by atoms with Gasteiger partial charge in [-0.25, -0.2) is 15.0 Å². The first kappa shape index (κ1) is 18.9. The summed E-state index contributed by atoms with van der Waals surface area (Å²) in [6.45, 7) is 3.92. The van der Waals surface area contributed by atoms with Gasteiger partial charge < -0.3 is 14.8 Å². The summed E-state index contributed by atoms with van der Waals surface area (Å²) in [6, 6.07) is 13.8. The van der Waals surface area contributed by atoms with Crippen molar-refractivity contribution >= 4 is 22.8 Å². The first-order chi connectivity index (χ1) is 14.2. The summed E-state index contributed by atoms with van der Waals surface area (Å²) in [7, 11) is 3.33. The molecule has 0 amide bonds. The van der Waals surface area contributed by atoms with Crippen LogP contribution in [0.1, 0.15) is 11.3 Å². The molecule has 2 N–H and O–H groups in total. The summed E-state index contributed by atoms with van der Waals surface area (Å²) in [5.74, 6) is 2.74. The Morgan fingerprint density at radius 2 is 1.83 bits per heavy atom. The lowest BCUT2D eigenvalue weighted by atomic mass is 10.2. The fourth-order valence-electron chi connectivity index (χ4n) is 3.33. The Bertz CT molecular complexity index is 1050. The lowest BCUT2D eigenvalue weighted by Gasteiger charge is -2.27. The first-order valence-corrected chi connectivity index (χ1v) is 9.39. The lowest BCUT2D eigenvalue weighted by Crippen LogP contribution is -2.45. The third-order valence-corrected chi connectivity index (χ3v) is 4.82. The van der Waals surface area contributed by atoms with Crippen LogP contribution in [-0.4, -0.2) is 48.4 Å². The van der Waals surface area contributed by atoms with E-state index >= 15 is 0 Å². The van der Waals surface area contributed by atoms with Gasteiger partial charge in [0.1, 0.15) is 17.0 Å².